The van der Waals surface area contributed by atoms with Crippen molar-refractivity contribution in [3.8, 4) is 0 Å². The molecule has 0 radical (unpaired) electrons. The van der Waals surface area contributed by atoms with Gasteiger partial charge < -0.3 is 9.67 Å². The van der Waals surface area contributed by atoms with Gasteiger partial charge in [0.05, 0.1) is 12.6 Å². The minimum absolute atomic E-state index is 0.237. The van der Waals surface area contributed by atoms with Crippen LogP contribution >= 0.6 is 0 Å². The Labute approximate surface area is 187 Å². The van der Waals surface area contributed by atoms with Gasteiger partial charge in [0.2, 0.25) is 0 Å². The summed E-state index contributed by atoms with van der Waals surface area (Å²) in [6.07, 6.45) is 3.18. The van der Waals surface area contributed by atoms with E-state index in [1.54, 1.807) is 4.57 Å². The number of piperidine rings is 1. The molecule has 1 saturated heterocycles. The molecule has 0 saturated carbocycles. The van der Waals surface area contributed by atoms with Crippen LogP contribution in [-0.2, 0) is 19.6 Å². The van der Waals surface area contributed by atoms with E-state index in [2.05, 4.69) is 16.8 Å². The number of aromatic amines is 1. The number of fused-ring (bicyclic) bond motifs is 1. The lowest BCUT2D eigenvalue weighted by atomic mass is 9.87. The van der Waals surface area contributed by atoms with Crippen molar-refractivity contribution in [2.75, 3.05) is 13.1 Å². The van der Waals surface area contributed by atoms with Crippen LogP contribution in [0.2, 0.25) is 0 Å². The van der Waals surface area contributed by atoms with Gasteiger partial charge in [-0.05, 0) is 50.8 Å². The molecule has 0 aliphatic carbocycles. The Hall–Kier alpha value is -2.71. The topological polar surface area (TPSA) is 96.2 Å². The molecule has 0 amide bonds. The quantitative estimate of drug-likeness (QED) is 0.563. The maximum atomic E-state index is 12.6. The zero-order valence-corrected chi connectivity index (χ0v) is 19.0. The van der Waals surface area contributed by atoms with Crippen LogP contribution in [-0.4, -0.2) is 42.2 Å². The van der Waals surface area contributed by atoms with Crippen molar-refractivity contribution in [2.24, 2.45) is 5.92 Å². The number of benzene rings is 1. The number of hydrogen-bond acceptors (Lipinski definition) is 5. The lowest BCUT2D eigenvalue weighted by molar-refractivity contribution is 0.0558. The highest BCUT2D eigenvalue weighted by Gasteiger charge is 2.27. The van der Waals surface area contributed by atoms with Crippen LogP contribution in [0, 0.1) is 5.92 Å². The van der Waals surface area contributed by atoms with Crippen LogP contribution in [0.25, 0.3) is 11.2 Å². The van der Waals surface area contributed by atoms with Gasteiger partial charge in [-0.2, -0.15) is 0 Å². The molecule has 3 heterocycles. The van der Waals surface area contributed by atoms with E-state index in [9.17, 15) is 14.7 Å². The molecule has 0 spiro atoms. The Morgan fingerprint density at radius 1 is 1.12 bits per heavy atom. The summed E-state index contributed by atoms with van der Waals surface area (Å²) >= 11 is 0. The van der Waals surface area contributed by atoms with Crippen LogP contribution in [0.4, 0.5) is 0 Å². The molecule has 1 fully saturated rings. The first-order valence-electron chi connectivity index (χ1n) is 11.7. The number of nitrogens with zero attached hydrogens (tertiary/aromatic N) is 4. The lowest BCUT2D eigenvalue weighted by Gasteiger charge is -2.34. The molecule has 8 heteroatoms. The van der Waals surface area contributed by atoms with E-state index < -0.39 is 6.10 Å². The van der Waals surface area contributed by atoms with Crippen LogP contribution in [0.15, 0.2) is 39.9 Å². The van der Waals surface area contributed by atoms with Gasteiger partial charge in [0.1, 0.15) is 5.82 Å². The summed E-state index contributed by atoms with van der Waals surface area (Å²) in [7, 11) is 0. The Bertz CT molecular complexity index is 1160. The minimum Gasteiger partial charge on any atom is -0.388 e. The normalized spacial score (nSPS) is 16.6. The van der Waals surface area contributed by atoms with Crippen LogP contribution in [0.5, 0.6) is 0 Å². The predicted octanol–water partition coefficient (Wildman–Crippen LogP) is 2.65. The van der Waals surface area contributed by atoms with Gasteiger partial charge in [-0.3, -0.25) is 19.2 Å². The molecule has 32 heavy (non-hydrogen) atoms. The van der Waals surface area contributed by atoms with Gasteiger partial charge in [-0.15, -0.1) is 0 Å². The Balaban J connectivity index is 1.53. The van der Waals surface area contributed by atoms with E-state index in [1.807, 2.05) is 41.8 Å². The summed E-state index contributed by atoms with van der Waals surface area (Å²) in [4.78, 5) is 34.6. The molecule has 172 valence electrons. The number of aliphatic hydroxyl groups is 1. The van der Waals surface area contributed by atoms with Crippen LogP contribution in [0.1, 0.15) is 57.0 Å². The average Bonchev–Trinajstić information content (AvgIpc) is 3.18. The van der Waals surface area contributed by atoms with E-state index in [4.69, 9.17) is 4.98 Å². The number of aliphatic hydroxyl groups excluding tert-OH is 1. The van der Waals surface area contributed by atoms with E-state index in [1.165, 1.54) is 0 Å². The van der Waals surface area contributed by atoms with E-state index in [-0.39, 0.29) is 17.2 Å². The predicted molar refractivity (Wildman–Crippen MR) is 125 cm³/mol. The fourth-order valence-corrected chi connectivity index (χ4v) is 4.75. The van der Waals surface area contributed by atoms with Gasteiger partial charge in [-0.25, -0.2) is 9.78 Å². The molecule has 1 aliphatic heterocycles. The maximum absolute atomic E-state index is 12.6. The standard InChI is InChI=1S/C24H33N5O3/c1-3-5-13-29-22-20(23(31)26-24(29)32)28(4-2)19(25-22)16-27-14-11-18(12-15-27)21(30)17-9-7-6-8-10-17/h6-10,18,21,30H,3-5,11-16H2,1-2H3,(H,26,31,32). The highest BCUT2D eigenvalue weighted by atomic mass is 16.3. The van der Waals surface area contributed by atoms with Crippen LogP contribution in [0.3, 0.4) is 0 Å². The zero-order valence-electron chi connectivity index (χ0n) is 19.0. The number of unbranched alkanes of at least 4 members (excludes halogenated alkanes) is 1. The maximum Gasteiger partial charge on any atom is 0.330 e. The summed E-state index contributed by atoms with van der Waals surface area (Å²) in [5.74, 6) is 1.05. The summed E-state index contributed by atoms with van der Waals surface area (Å²) < 4.78 is 3.53. The SMILES string of the molecule is CCCCn1c(=O)[nH]c(=O)c2c1nc(CN1CCC(C(O)c3ccccc3)CC1)n2CC. The minimum atomic E-state index is -0.440. The van der Waals surface area contributed by atoms with Gasteiger partial charge in [0.25, 0.3) is 5.56 Å². The molecule has 8 nitrogen and oxygen atoms in total. The van der Waals surface area contributed by atoms with Gasteiger partial charge in [-0.1, -0.05) is 43.7 Å². The first-order chi connectivity index (χ1) is 15.5. The van der Waals surface area contributed by atoms with Gasteiger partial charge in [0, 0.05) is 13.1 Å². The van der Waals surface area contributed by atoms with Crippen molar-refractivity contribution in [3.05, 3.63) is 62.6 Å². The van der Waals surface area contributed by atoms with Gasteiger partial charge in [0.15, 0.2) is 11.2 Å². The van der Waals surface area contributed by atoms with Crippen molar-refractivity contribution in [1.82, 2.24) is 24.0 Å². The Kier molecular flexibility index (Phi) is 6.91. The Morgan fingerprint density at radius 2 is 1.84 bits per heavy atom. The van der Waals surface area contributed by atoms with Crippen molar-refractivity contribution in [2.45, 2.75) is 65.3 Å². The van der Waals surface area contributed by atoms with E-state index in [0.717, 1.165) is 50.2 Å². The largest absolute Gasteiger partial charge is 0.388 e. The third-order valence-electron chi connectivity index (χ3n) is 6.60. The second kappa shape index (κ2) is 9.83. The number of H-pyrrole nitrogens is 1. The van der Waals surface area contributed by atoms with Crippen molar-refractivity contribution < 1.29 is 5.11 Å². The molecule has 3 aromatic rings. The highest BCUT2D eigenvalue weighted by molar-refractivity contribution is 5.71. The fraction of sp³-hybridized carbons (Fsp3) is 0.542. The summed E-state index contributed by atoms with van der Waals surface area (Å²) in [6, 6.07) is 9.85. The monoisotopic (exact) mass is 439 g/mol. The molecule has 4 rings (SSSR count). The number of aryl methyl sites for hydroxylation is 2. The first kappa shape index (κ1) is 22.5. The number of imidazole rings is 1. The Morgan fingerprint density at radius 3 is 2.50 bits per heavy atom. The molecular weight excluding hydrogens is 406 g/mol. The number of likely N-dealkylation sites (tertiary alicyclic amines) is 1. The summed E-state index contributed by atoms with van der Waals surface area (Å²) in [5, 5.41) is 10.8. The van der Waals surface area contributed by atoms with Crippen molar-refractivity contribution in [3.63, 3.8) is 0 Å². The molecule has 2 N–H and O–H groups in total. The molecule has 0 bridgehead atoms. The number of hydrogen-bond donors (Lipinski definition) is 2. The van der Waals surface area contributed by atoms with Crippen molar-refractivity contribution in [1.29, 1.82) is 0 Å². The number of aromatic nitrogens is 4. The van der Waals surface area contributed by atoms with Crippen molar-refractivity contribution >= 4 is 11.2 Å². The number of rotatable bonds is 8. The third-order valence-corrected chi connectivity index (χ3v) is 6.60. The highest BCUT2D eigenvalue weighted by Crippen LogP contribution is 2.31. The average molecular weight is 440 g/mol. The van der Waals surface area contributed by atoms with E-state index in [0.29, 0.717) is 30.8 Å². The van der Waals surface area contributed by atoms with E-state index >= 15 is 0 Å². The smallest absolute Gasteiger partial charge is 0.330 e. The molecule has 1 aliphatic rings. The first-order valence-corrected chi connectivity index (χ1v) is 11.7. The molecule has 1 atom stereocenters. The fourth-order valence-electron chi connectivity index (χ4n) is 4.75. The lowest BCUT2D eigenvalue weighted by Crippen LogP contribution is -2.36. The third kappa shape index (κ3) is 4.42. The molecular formula is C24H33N5O3. The second-order valence-electron chi connectivity index (χ2n) is 8.68. The van der Waals surface area contributed by atoms with Gasteiger partial charge >= 0.3 is 5.69 Å². The molecule has 1 unspecified atom stereocenters. The van der Waals surface area contributed by atoms with Crippen LogP contribution < -0.4 is 11.2 Å². The molecule has 2 aromatic heterocycles. The summed E-state index contributed by atoms with van der Waals surface area (Å²) in [6.45, 7) is 7.57. The number of nitrogens with one attached hydrogen (secondary N) is 1. The summed E-state index contributed by atoms with van der Waals surface area (Å²) in [5.41, 5.74) is 1.18. The molecule has 1 aromatic carbocycles. The zero-order chi connectivity index (χ0) is 22.7. The second-order valence-corrected chi connectivity index (χ2v) is 8.68.